The van der Waals surface area contributed by atoms with E-state index in [0.717, 1.165) is 36.3 Å². The lowest BCUT2D eigenvalue weighted by molar-refractivity contribution is 0.0795. The van der Waals surface area contributed by atoms with Gasteiger partial charge in [0.05, 0.1) is 6.61 Å². The van der Waals surface area contributed by atoms with Gasteiger partial charge in [-0.25, -0.2) is 0 Å². The normalized spacial score (nSPS) is 25.5. The summed E-state index contributed by atoms with van der Waals surface area (Å²) in [7, 11) is 0. The van der Waals surface area contributed by atoms with Crippen LogP contribution in [0.1, 0.15) is 38.5 Å². The highest BCUT2D eigenvalue weighted by molar-refractivity contribution is 9.09. The second-order valence-electron chi connectivity index (χ2n) is 4.94. The first-order chi connectivity index (χ1) is 6.90. The summed E-state index contributed by atoms with van der Waals surface area (Å²) >= 11 is 3.63. The van der Waals surface area contributed by atoms with Crippen molar-refractivity contribution in [2.24, 2.45) is 17.8 Å². The van der Waals surface area contributed by atoms with Crippen LogP contribution in [0.15, 0.2) is 0 Å². The van der Waals surface area contributed by atoms with Gasteiger partial charge in [-0.3, -0.25) is 0 Å². The van der Waals surface area contributed by atoms with Gasteiger partial charge in [0.15, 0.2) is 0 Å². The zero-order chi connectivity index (χ0) is 9.80. The first-order valence-electron chi connectivity index (χ1n) is 6.04. The van der Waals surface area contributed by atoms with Crippen molar-refractivity contribution in [2.45, 2.75) is 38.5 Å². The lowest BCUT2D eigenvalue weighted by Gasteiger charge is -2.20. The standard InChI is InChI=1S/C12H21BrO/c13-7-12(11-3-1-2-4-11)9-14-8-10-5-6-10/h10-12H,1-9H2. The summed E-state index contributed by atoms with van der Waals surface area (Å²) in [6.07, 6.45) is 8.56. The number of halogens is 1. The Morgan fingerprint density at radius 3 is 2.43 bits per heavy atom. The molecule has 0 aromatic rings. The molecule has 2 aliphatic rings. The van der Waals surface area contributed by atoms with Crippen LogP contribution in [0.2, 0.25) is 0 Å². The van der Waals surface area contributed by atoms with Gasteiger partial charge in [0.25, 0.3) is 0 Å². The minimum Gasteiger partial charge on any atom is -0.381 e. The average molecular weight is 261 g/mol. The number of hydrogen-bond donors (Lipinski definition) is 0. The zero-order valence-electron chi connectivity index (χ0n) is 8.88. The fourth-order valence-electron chi connectivity index (χ4n) is 2.41. The van der Waals surface area contributed by atoms with Gasteiger partial charge in [0.2, 0.25) is 0 Å². The molecule has 0 heterocycles. The van der Waals surface area contributed by atoms with E-state index in [9.17, 15) is 0 Å². The Bertz CT molecular complexity index is 162. The summed E-state index contributed by atoms with van der Waals surface area (Å²) < 4.78 is 5.79. The highest BCUT2D eigenvalue weighted by atomic mass is 79.9. The minimum atomic E-state index is 0.774. The molecule has 2 saturated carbocycles. The van der Waals surface area contributed by atoms with Crippen LogP contribution >= 0.6 is 15.9 Å². The van der Waals surface area contributed by atoms with Crippen LogP contribution in [0, 0.1) is 17.8 Å². The second-order valence-corrected chi connectivity index (χ2v) is 5.59. The molecule has 1 atom stereocenters. The van der Waals surface area contributed by atoms with E-state index < -0.39 is 0 Å². The maximum absolute atomic E-state index is 5.79. The molecule has 2 heteroatoms. The third-order valence-corrected chi connectivity index (χ3v) is 4.48. The molecule has 0 saturated heterocycles. The maximum atomic E-state index is 5.79. The second kappa shape index (κ2) is 5.50. The SMILES string of the molecule is BrCC(COCC1CC1)C1CCCC1. The smallest absolute Gasteiger partial charge is 0.0505 e. The highest BCUT2D eigenvalue weighted by Gasteiger charge is 2.26. The molecule has 0 radical (unpaired) electrons. The van der Waals surface area contributed by atoms with E-state index in [2.05, 4.69) is 15.9 Å². The molecule has 0 bridgehead atoms. The molecule has 0 aromatic heterocycles. The van der Waals surface area contributed by atoms with E-state index in [1.807, 2.05) is 0 Å². The van der Waals surface area contributed by atoms with Crippen molar-refractivity contribution >= 4 is 15.9 Å². The summed E-state index contributed by atoms with van der Waals surface area (Å²) in [5, 5.41) is 1.13. The van der Waals surface area contributed by atoms with E-state index in [4.69, 9.17) is 4.74 Å². The van der Waals surface area contributed by atoms with Gasteiger partial charge in [-0.15, -0.1) is 0 Å². The molecule has 0 amide bonds. The molecular weight excluding hydrogens is 240 g/mol. The van der Waals surface area contributed by atoms with Gasteiger partial charge in [-0.2, -0.15) is 0 Å². The third kappa shape index (κ3) is 3.23. The number of hydrogen-bond acceptors (Lipinski definition) is 1. The average Bonchev–Trinajstić information content (AvgIpc) is 2.86. The van der Waals surface area contributed by atoms with Gasteiger partial charge in [0.1, 0.15) is 0 Å². The van der Waals surface area contributed by atoms with Crippen LogP contribution in [0.4, 0.5) is 0 Å². The van der Waals surface area contributed by atoms with Crippen LogP contribution in [-0.2, 0) is 4.74 Å². The van der Waals surface area contributed by atoms with Crippen LogP contribution in [0.3, 0.4) is 0 Å². The fraction of sp³-hybridized carbons (Fsp3) is 1.00. The Balaban J connectivity index is 1.63. The van der Waals surface area contributed by atoms with Gasteiger partial charge < -0.3 is 4.74 Å². The molecule has 82 valence electrons. The molecule has 2 fully saturated rings. The van der Waals surface area contributed by atoms with Crippen molar-refractivity contribution in [2.75, 3.05) is 18.5 Å². The van der Waals surface area contributed by atoms with Gasteiger partial charge in [-0.05, 0) is 30.6 Å². The molecule has 14 heavy (non-hydrogen) atoms. The predicted octanol–water partition coefficient (Wildman–Crippen LogP) is 3.61. The largest absolute Gasteiger partial charge is 0.381 e. The minimum absolute atomic E-state index is 0.774. The molecule has 0 N–H and O–H groups in total. The molecular formula is C12H21BrO. The first kappa shape index (κ1) is 10.9. The van der Waals surface area contributed by atoms with Gasteiger partial charge in [0, 0.05) is 11.9 Å². The summed E-state index contributed by atoms with van der Waals surface area (Å²) in [6, 6.07) is 0. The molecule has 2 aliphatic carbocycles. The van der Waals surface area contributed by atoms with Crippen molar-refractivity contribution in [3.63, 3.8) is 0 Å². The summed E-state index contributed by atoms with van der Waals surface area (Å²) in [5.41, 5.74) is 0. The topological polar surface area (TPSA) is 9.23 Å². The number of ether oxygens (including phenoxy) is 1. The molecule has 2 rings (SSSR count). The zero-order valence-corrected chi connectivity index (χ0v) is 10.5. The van der Waals surface area contributed by atoms with Crippen LogP contribution in [0.5, 0.6) is 0 Å². The fourth-order valence-corrected chi connectivity index (χ4v) is 3.12. The Morgan fingerprint density at radius 1 is 1.14 bits per heavy atom. The summed E-state index contributed by atoms with van der Waals surface area (Å²) in [5.74, 6) is 2.62. The monoisotopic (exact) mass is 260 g/mol. The third-order valence-electron chi connectivity index (χ3n) is 3.65. The Kier molecular flexibility index (Phi) is 4.30. The molecule has 0 spiro atoms. The van der Waals surface area contributed by atoms with Crippen LogP contribution in [0.25, 0.3) is 0 Å². The van der Waals surface area contributed by atoms with Crippen molar-refractivity contribution < 1.29 is 4.74 Å². The predicted molar refractivity (Wildman–Crippen MR) is 62.8 cm³/mol. The Labute approximate surface area is 95.7 Å². The molecule has 0 aromatic carbocycles. The van der Waals surface area contributed by atoms with E-state index in [-0.39, 0.29) is 0 Å². The van der Waals surface area contributed by atoms with E-state index in [1.54, 1.807) is 0 Å². The van der Waals surface area contributed by atoms with Crippen LogP contribution in [-0.4, -0.2) is 18.5 Å². The lowest BCUT2D eigenvalue weighted by Crippen LogP contribution is -2.20. The highest BCUT2D eigenvalue weighted by Crippen LogP contribution is 2.33. The van der Waals surface area contributed by atoms with Gasteiger partial charge in [-0.1, -0.05) is 41.6 Å². The Morgan fingerprint density at radius 2 is 1.86 bits per heavy atom. The molecule has 0 aliphatic heterocycles. The maximum Gasteiger partial charge on any atom is 0.0505 e. The van der Waals surface area contributed by atoms with Crippen molar-refractivity contribution in [3.05, 3.63) is 0 Å². The van der Waals surface area contributed by atoms with Crippen molar-refractivity contribution in [1.29, 1.82) is 0 Å². The quantitative estimate of drug-likeness (QED) is 0.663. The van der Waals surface area contributed by atoms with Crippen LogP contribution < -0.4 is 0 Å². The van der Waals surface area contributed by atoms with E-state index >= 15 is 0 Å². The van der Waals surface area contributed by atoms with E-state index in [0.29, 0.717) is 0 Å². The molecule has 1 unspecified atom stereocenters. The summed E-state index contributed by atoms with van der Waals surface area (Å²) in [4.78, 5) is 0. The van der Waals surface area contributed by atoms with Gasteiger partial charge >= 0.3 is 0 Å². The van der Waals surface area contributed by atoms with Crippen molar-refractivity contribution in [3.8, 4) is 0 Å². The first-order valence-corrected chi connectivity index (χ1v) is 7.16. The number of rotatable bonds is 6. The van der Waals surface area contributed by atoms with Crippen molar-refractivity contribution in [1.82, 2.24) is 0 Å². The van der Waals surface area contributed by atoms with E-state index in [1.165, 1.54) is 38.5 Å². The molecule has 1 nitrogen and oxygen atoms in total. The Hall–Kier alpha value is 0.440. The lowest BCUT2D eigenvalue weighted by atomic mass is 9.93. The summed E-state index contributed by atoms with van der Waals surface area (Å²) in [6.45, 7) is 2.02. The number of alkyl halides is 1.